The van der Waals surface area contributed by atoms with Crippen LogP contribution in [0.25, 0.3) is 6.08 Å². The molecule has 0 aromatic heterocycles. The summed E-state index contributed by atoms with van der Waals surface area (Å²) in [6.07, 6.45) is 11.0. The van der Waals surface area contributed by atoms with E-state index in [9.17, 15) is 4.79 Å². The molecular weight excluding hydrogens is 288 g/mol. The van der Waals surface area contributed by atoms with Gasteiger partial charge in [-0.15, -0.1) is 0 Å². The predicted octanol–water partition coefficient (Wildman–Crippen LogP) is 3.04. The number of benzene rings is 1. The highest BCUT2D eigenvalue weighted by atomic mass is 16.4. The van der Waals surface area contributed by atoms with Crippen LogP contribution in [-0.4, -0.2) is 48.5 Å². The summed E-state index contributed by atoms with van der Waals surface area (Å²) < 4.78 is 2.30. The standard InChI is InChI=1S/C19H24N2O2/c1-20-14-5-8-17(20)7-4-3-6-16-9-11-18(12-10-16)21(2)15-13-19(22)23/h3-4,6-7,9-12H,5,8,13-15H2,1-2H3/p+1. The van der Waals surface area contributed by atoms with Crippen molar-refractivity contribution in [1.82, 2.24) is 0 Å². The van der Waals surface area contributed by atoms with Gasteiger partial charge in [0.05, 0.1) is 6.42 Å². The number of aliphatic carboxylic acids is 1. The molecule has 0 fully saturated rings. The molecule has 1 heterocycles. The van der Waals surface area contributed by atoms with Crippen LogP contribution in [0.1, 0.15) is 24.8 Å². The molecule has 0 spiro atoms. The fraction of sp³-hybridized carbons (Fsp3) is 0.368. The minimum Gasteiger partial charge on any atom is -0.481 e. The zero-order chi connectivity index (χ0) is 16.7. The monoisotopic (exact) mass is 313 g/mol. The minimum absolute atomic E-state index is 0.149. The fourth-order valence-corrected chi connectivity index (χ4v) is 2.61. The van der Waals surface area contributed by atoms with Crippen LogP contribution in [-0.2, 0) is 4.79 Å². The molecule has 2 rings (SSSR count). The number of carboxylic acid groups (broad SMARTS) is 1. The number of allylic oxidation sites excluding steroid dienone is 3. The average Bonchev–Trinajstić information content (AvgIpc) is 2.95. The Morgan fingerprint density at radius 2 is 1.96 bits per heavy atom. The van der Waals surface area contributed by atoms with Crippen molar-refractivity contribution in [2.75, 3.05) is 32.1 Å². The van der Waals surface area contributed by atoms with Gasteiger partial charge in [0, 0.05) is 38.2 Å². The van der Waals surface area contributed by atoms with Gasteiger partial charge in [-0.05, 0) is 17.7 Å². The van der Waals surface area contributed by atoms with Crippen LogP contribution in [0.15, 0.2) is 42.5 Å². The zero-order valence-corrected chi connectivity index (χ0v) is 13.9. The van der Waals surface area contributed by atoms with Crippen molar-refractivity contribution in [3.8, 4) is 0 Å². The Labute approximate surface area is 138 Å². The average molecular weight is 313 g/mol. The molecule has 4 heteroatoms. The van der Waals surface area contributed by atoms with Crippen LogP contribution in [0.3, 0.4) is 0 Å². The van der Waals surface area contributed by atoms with Crippen molar-refractivity contribution < 1.29 is 14.5 Å². The van der Waals surface area contributed by atoms with Gasteiger partial charge in [-0.1, -0.05) is 30.4 Å². The quantitative estimate of drug-likeness (QED) is 0.621. The molecule has 0 unspecified atom stereocenters. The molecule has 23 heavy (non-hydrogen) atoms. The molecule has 0 saturated carbocycles. The Morgan fingerprint density at radius 3 is 2.57 bits per heavy atom. The van der Waals surface area contributed by atoms with E-state index in [4.69, 9.17) is 5.11 Å². The van der Waals surface area contributed by atoms with Gasteiger partial charge in [-0.2, -0.15) is 0 Å². The van der Waals surface area contributed by atoms with E-state index in [1.165, 1.54) is 12.1 Å². The molecule has 0 aliphatic carbocycles. The van der Waals surface area contributed by atoms with Gasteiger partial charge in [-0.3, -0.25) is 4.79 Å². The van der Waals surface area contributed by atoms with Gasteiger partial charge in [0.1, 0.15) is 13.6 Å². The van der Waals surface area contributed by atoms with Gasteiger partial charge in [0.25, 0.3) is 0 Å². The highest BCUT2D eigenvalue weighted by molar-refractivity contribution is 5.91. The Morgan fingerprint density at radius 1 is 1.26 bits per heavy atom. The molecule has 1 aliphatic rings. The molecule has 0 bridgehead atoms. The molecule has 0 saturated heterocycles. The predicted molar refractivity (Wildman–Crippen MR) is 95.4 cm³/mol. The summed E-state index contributed by atoms with van der Waals surface area (Å²) in [5.74, 6) is -0.769. The van der Waals surface area contributed by atoms with E-state index >= 15 is 0 Å². The third-order valence-electron chi connectivity index (χ3n) is 4.10. The summed E-state index contributed by atoms with van der Waals surface area (Å²) in [5, 5.41) is 8.72. The lowest BCUT2D eigenvalue weighted by atomic mass is 10.1. The molecule has 4 nitrogen and oxygen atoms in total. The number of nitrogens with zero attached hydrogens (tertiary/aromatic N) is 2. The van der Waals surface area contributed by atoms with Crippen molar-refractivity contribution in [3.63, 3.8) is 0 Å². The first-order chi connectivity index (χ1) is 11.1. The lowest BCUT2D eigenvalue weighted by Crippen LogP contribution is -2.20. The normalized spacial score (nSPS) is 15.0. The third kappa shape index (κ3) is 5.40. The highest BCUT2D eigenvalue weighted by Crippen LogP contribution is 2.15. The van der Waals surface area contributed by atoms with Crippen LogP contribution in [0.2, 0.25) is 0 Å². The van der Waals surface area contributed by atoms with E-state index in [1.54, 1.807) is 0 Å². The maximum atomic E-state index is 10.6. The summed E-state index contributed by atoms with van der Waals surface area (Å²) in [6.45, 7) is 1.67. The molecule has 1 aromatic rings. The lowest BCUT2D eigenvalue weighted by Gasteiger charge is -2.18. The van der Waals surface area contributed by atoms with E-state index in [0.717, 1.165) is 24.2 Å². The number of hydrogen-bond acceptors (Lipinski definition) is 2. The second-order valence-corrected chi connectivity index (χ2v) is 5.89. The number of anilines is 1. The lowest BCUT2D eigenvalue weighted by molar-refractivity contribution is -0.487. The Balaban J connectivity index is 1.89. The smallest absolute Gasteiger partial charge is 0.305 e. The summed E-state index contributed by atoms with van der Waals surface area (Å²) in [4.78, 5) is 12.6. The van der Waals surface area contributed by atoms with Crippen LogP contribution >= 0.6 is 0 Å². The molecule has 1 aromatic carbocycles. The Hall–Kier alpha value is -2.36. The van der Waals surface area contributed by atoms with Crippen molar-refractivity contribution in [3.05, 3.63) is 48.1 Å². The van der Waals surface area contributed by atoms with Gasteiger partial charge in [-0.25, -0.2) is 4.58 Å². The second-order valence-electron chi connectivity index (χ2n) is 5.89. The Kier molecular flexibility index (Phi) is 6.15. The van der Waals surface area contributed by atoms with Crippen molar-refractivity contribution in [2.45, 2.75) is 19.3 Å². The van der Waals surface area contributed by atoms with Gasteiger partial charge in [0.2, 0.25) is 0 Å². The number of carboxylic acids is 1. The topological polar surface area (TPSA) is 43.6 Å². The summed E-state index contributed by atoms with van der Waals surface area (Å²) >= 11 is 0. The van der Waals surface area contributed by atoms with Gasteiger partial charge in [0.15, 0.2) is 5.71 Å². The number of rotatable bonds is 7. The van der Waals surface area contributed by atoms with Crippen molar-refractivity contribution >= 4 is 23.4 Å². The summed E-state index contributed by atoms with van der Waals surface area (Å²) in [6, 6.07) is 8.13. The maximum Gasteiger partial charge on any atom is 0.305 e. The first-order valence-corrected chi connectivity index (χ1v) is 8.01. The fourth-order valence-electron chi connectivity index (χ4n) is 2.61. The van der Waals surface area contributed by atoms with Crippen LogP contribution in [0.5, 0.6) is 0 Å². The van der Waals surface area contributed by atoms with Crippen LogP contribution in [0.4, 0.5) is 5.69 Å². The number of hydrogen-bond donors (Lipinski definition) is 1. The Bertz CT molecular complexity index is 627. The van der Waals surface area contributed by atoms with Crippen LogP contribution < -0.4 is 4.90 Å². The largest absolute Gasteiger partial charge is 0.481 e. The SMILES string of the molecule is CN(CCC(=O)O)c1ccc(/C=C/C=C/C2=[N+](C)CCC2)cc1. The van der Waals surface area contributed by atoms with E-state index in [-0.39, 0.29) is 6.42 Å². The number of carbonyl (C=O) groups is 1. The molecule has 0 radical (unpaired) electrons. The molecular formula is C19H25N2O2+. The van der Waals surface area contributed by atoms with Crippen molar-refractivity contribution in [2.24, 2.45) is 0 Å². The minimum atomic E-state index is -0.769. The zero-order valence-electron chi connectivity index (χ0n) is 13.9. The summed E-state index contributed by atoms with van der Waals surface area (Å²) in [5.41, 5.74) is 3.56. The first-order valence-electron chi connectivity index (χ1n) is 8.01. The van der Waals surface area contributed by atoms with Crippen LogP contribution in [0, 0.1) is 0 Å². The molecule has 0 atom stereocenters. The highest BCUT2D eigenvalue weighted by Gasteiger charge is 2.14. The molecule has 1 N–H and O–H groups in total. The van der Waals surface area contributed by atoms with Crippen molar-refractivity contribution in [1.29, 1.82) is 0 Å². The maximum absolute atomic E-state index is 10.6. The van der Waals surface area contributed by atoms with Gasteiger partial charge >= 0.3 is 5.97 Å². The molecule has 1 aliphatic heterocycles. The third-order valence-corrected chi connectivity index (χ3v) is 4.10. The van der Waals surface area contributed by atoms with E-state index < -0.39 is 5.97 Å². The summed E-state index contributed by atoms with van der Waals surface area (Å²) in [7, 11) is 4.04. The van der Waals surface area contributed by atoms with E-state index in [0.29, 0.717) is 6.54 Å². The van der Waals surface area contributed by atoms with E-state index in [1.807, 2.05) is 36.2 Å². The molecule has 0 amide bonds. The van der Waals surface area contributed by atoms with Gasteiger partial charge < -0.3 is 10.0 Å². The second kappa shape index (κ2) is 8.32. The first kappa shape index (κ1) is 17.0. The van der Waals surface area contributed by atoms with E-state index in [2.05, 4.69) is 35.9 Å². The molecule has 122 valence electrons.